The maximum atomic E-state index is 13.5. The van der Waals surface area contributed by atoms with Gasteiger partial charge in [-0.1, -0.05) is 57.9 Å². The van der Waals surface area contributed by atoms with Crippen molar-refractivity contribution in [3.8, 4) is 0 Å². The number of benzene rings is 2. The Bertz CT molecular complexity index is 1070. The lowest BCUT2D eigenvalue weighted by Gasteiger charge is -2.36. The van der Waals surface area contributed by atoms with Gasteiger partial charge in [-0.25, -0.2) is 4.79 Å². The lowest BCUT2D eigenvalue weighted by atomic mass is 9.94. The van der Waals surface area contributed by atoms with E-state index in [2.05, 4.69) is 26.6 Å². The number of urea groups is 1. The molecule has 2 aromatic rings. The third kappa shape index (κ3) is 6.99. The summed E-state index contributed by atoms with van der Waals surface area (Å²) in [6.07, 6.45) is 1.58. The Morgan fingerprint density at radius 3 is 2.36 bits per heavy atom. The van der Waals surface area contributed by atoms with Crippen LogP contribution in [0.2, 0.25) is 5.02 Å². The summed E-state index contributed by atoms with van der Waals surface area (Å²) < 4.78 is 6.14. The first-order valence-corrected chi connectivity index (χ1v) is 13.3. The van der Waals surface area contributed by atoms with Crippen LogP contribution in [0.25, 0.3) is 0 Å². The Kier molecular flexibility index (Phi) is 9.23. The number of hydrogen-bond donors (Lipinski definition) is 2. The number of amides is 4. The zero-order valence-electron chi connectivity index (χ0n) is 19.9. The van der Waals surface area contributed by atoms with E-state index in [1.54, 1.807) is 23.1 Å². The first-order valence-electron chi connectivity index (χ1n) is 12.1. The number of halogens is 2. The predicted octanol–water partition coefficient (Wildman–Crippen LogP) is 3.93. The van der Waals surface area contributed by atoms with Crippen LogP contribution in [0.4, 0.5) is 10.5 Å². The topological polar surface area (TPSA) is 91.0 Å². The lowest BCUT2D eigenvalue weighted by Crippen LogP contribution is -2.53. The highest BCUT2D eigenvalue weighted by atomic mass is 79.9. The SMILES string of the molecule is O=C(Nc1ccc(Br)cc1Cl)N[C@@H](Cc1ccccc1)C(=O)N1CCC(C(=O)N2CCOCC2)CC1. The van der Waals surface area contributed by atoms with Crippen molar-refractivity contribution in [1.82, 2.24) is 15.1 Å². The first kappa shape index (κ1) is 26.4. The number of hydrogen-bond acceptors (Lipinski definition) is 4. The van der Waals surface area contributed by atoms with Gasteiger partial charge in [-0.2, -0.15) is 0 Å². The zero-order chi connectivity index (χ0) is 25.5. The average Bonchev–Trinajstić information content (AvgIpc) is 2.90. The molecule has 0 spiro atoms. The van der Waals surface area contributed by atoms with Crippen molar-refractivity contribution in [2.45, 2.75) is 25.3 Å². The largest absolute Gasteiger partial charge is 0.378 e. The van der Waals surface area contributed by atoms with Gasteiger partial charge >= 0.3 is 6.03 Å². The number of rotatable bonds is 6. The second kappa shape index (κ2) is 12.6. The smallest absolute Gasteiger partial charge is 0.319 e. The number of likely N-dealkylation sites (tertiary alicyclic amines) is 1. The Morgan fingerprint density at radius 1 is 1.00 bits per heavy atom. The molecule has 2 aromatic carbocycles. The van der Waals surface area contributed by atoms with Gasteiger partial charge in [0.15, 0.2) is 0 Å². The number of anilines is 1. The van der Waals surface area contributed by atoms with Crippen molar-refractivity contribution in [2.75, 3.05) is 44.7 Å². The molecule has 0 aromatic heterocycles. The fourth-order valence-corrected chi connectivity index (χ4v) is 5.29. The fraction of sp³-hybridized carbons (Fsp3) is 0.423. The van der Waals surface area contributed by atoms with Gasteiger partial charge in [-0.3, -0.25) is 9.59 Å². The summed E-state index contributed by atoms with van der Waals surface area (Å²) >= 11 is 9.58. The van der Waals surface area contributed by atoms with Crippen molar-refractivity contribution in [3.05, 3.63) is 63.6 Å². The van der Waals surface area contributed by atoms with E-state index in [1.165, 1.54) is 0 Å². The minimum atomic E-state index is -0.756. The second-order valence-corrected chi connectivity index (χ2v) is 10.3. The number of nitrogens with zero attached hydrogens (tertiary/aromatic N) is 2. The van der Waals surface area contributed by atoms with Crippen molar-refractivity contribution >= 4 is 51.1 Å². The molecule has 4 rings (SSSR count). The molecular formula is C26H30BrClN4O4. The summed E-state index contributed by atoms with van der Waals surface area (Å²) in [7, 11) is 0. The van der Waals surface area contributed by atoms with Crippen LogP contribution in [0.15, 0.2) is 53.0 Å². The van der Waals surface area contributed by atoms with Crippen molar-refractivity contribution < 1.29 is 19.1 Å². The molecule has 2 aliphatic heterocycles. The molecule has 2 heterocycles. The molecule has 192 valence electrons. The van der Waals surface area contributed by atoms with Gasteiger partial charge in [-0.15, -0.1) is 0 Å². The Balaban J connectivity index is 1.39. The van der Waals surface area contributed by atoms with Crippen LogP contribution < -0.4 is 10.6 Å². The molecule has 0 radical (unpaired) electrons. The zero-order valence-corrected chi connectivity index (χ0v) is 22.3. The number of carbonyl (C=O) groups is 3. The minimum absolute atomic E-state index is 0.0875. The van der Waals surface area contributed by atoms with Gasteiger partial charge in [0.25, 0.3) is 0 Å². The molecule has 36 heavy (non-hydrogen) atoms. The van der Waals surface area contributed by atoms with E-state index in [9.17, 15) is 14.4 Å². The molecular weight excluding hydrogens is 548 g/mol. The summed E-state index contributed by atoms with van der Waals surface area (Å²) in [5.74, 6) is -0.0983. The van der Waals surface area contributed by atoms with Crippen molar-refractivity contribution in [3.63, 3.8) is 0 Å². The molecule has 2 aliphatic rings. The number of ether oxygens (including phenoxy) is 1. The van der Waals surface area contributed by atoms with Crippen LogP contribution in [0.1, 0.15) is 18.4 Å². The van der Waals surface area contributed by atoms with Gasteiger partial charge in [0.05, 0.1) is 23.9 Å². The Morgan fingerprint density at radius 2 is 1.69 bits per heavy atom. The summed E-state index contributed by atoms with van der Waals surface area (Å²) in [4.78, 5) is 42.8. The highest BCUT2D eigenvalue weighted by Gasteiger charge is 2.33. The molecule has 1 atom stereocenters. The Hall–Kier alpha value is -2.62. The van der Waals surface area contributed by atoms with Gasteiger partial charge in [0.1, 0.15) is 6.04 Å². The molecule has 4 amide bonds. The summed E-state index contributed by atoms with van der Waals surface area (Å²) in [6.45, 7) is 3.35. The summed E-state index contributed by atoms with van der Waals surface area (Å²) in [6, 6.07) is 13.5. The molecule has 0 unspecified atom stereocenters. The highest BCUT2D eigenvalue weighted by Crippen LogP contribution is 2.26. The van der Waals surface area contributed by atoms with E-state index in [0.717, 1.165) is 10.0 Å². The third-order valence-electron chi connectivity index (χ3n) is 6.54. The highest BCUT2D eigenvalue weighted by molar-refractivity contribution is 9.10. The number of piperidine rings is 1. The third-order valence-corrected chi connectivity index (χ3v) is 7.35. The van der Waals surface area contributed by atoms with Gasteiger partial charge in [-0.05, 0) is 36.6 Å². The number of carbonyl (C=O) groups excluding carboxylic acids is 3. The van der Waals surface area contributed by atoms with Crippen LogP contribution >= 0.6 is 27.5 Å². The second-order valence-electron chi connectivity index (χ2n) is 9.00. The predicted molar refractivity (Wildman–Crippen MR) is 142 cm³/mol. The molecule has 10 heteroatoms. The van der Waals surface area contributed by atoms with E-state index in [1.807, 2.05) is 35.2 Å². The Labute approximate surface area is 224 Å². The van der Waals surface area contributed by atoms with Gasteiger partial charge < -0.3 is 25.2 Å². The molecule has 2 fully saturated rings. The van der Waals surface area contributed by atoms with E-state index in [4.69, 9.17) is 16.3 Å². The normalized spacial score (nSPS) is 17.4. The minimum Gasteiger partial charge on any atom is -0.378 e. The first-order chi connectivity index (χ1) is 17.4. The fourth-order valence-electron chi connectivity index (χ4n) is 4.57. The average molecular weight is 578 g/mol. The van der Waals surface area contributed by atoms with Crippen molar-refractivity contribution in [2.24, 2.45) is 5.92 Å². The maximum Gasteiger partial charge on any atom is 0.319 e. The van der Waals surface area contributed by atoms with E-state index in [-0.39, 0.29) is 17.7 Å². The van der Waals surface area contributed by atoms with Crippen LogP contribution in [-0.4, -0.2) is 73.1 Å². The summed E-state index contributed by atoms with van der Waals surface area (Å²) in [5.41, 5.74) is 1.39. The quantitative estimate of drug-likeness (QED) is 0.544. The van der Waals surface area contributed by atoms with Crippen LogP contribution in [0.3, 0.4) is 0 Å². The summed E-state index contributed by atoms with van der Waals surface area (Å²) in [5, 5.41) is 5.96. The van der Waals surface area contributed by atoms with E-state index in [0.29, 0.717) is 69.4 Å². The van der Waals surface area contributed by atoms with E-state index < -0.39 is 12.1 Å². The molecule has 0 saturated carbocycles. The molecule has 0 aliphatic carbocycles. The molecule has 0 bridgehead atoms. The standard InChI is InChI=1S/C26H30BrClN4O4/c27-20-6-7-22(21(28)17-20)29-26(35)30-23(16-18-4-2-1-3-5-18)25(34)31-10-8-19(9-11-31)24(33)32-12-14-36-15-13-32/h1-7,17,19,23H,8-16H2,(H2,29,30,35)/t23-/m0/s1. The van der Waals surface area contributed by atoms with Crippen molar-refractivity contribution in [1.29, 1.82) is 0 Å². The maximum absolute atomic E-state index is 13.5. The lowest BCUT2D eigenvalue weighted by molar-refractivity contribution is -0.144. The monoisotopic (exact) mass is 576 g/mol. The molecule has 8 nitrogen and oxygen atoms in total. The van der Waals surface area contributed by atoms with Gasteiger partial charge in [0, 0.05) is 43.0 Å². The van der Waals surface area contributed by atoms with Crippen LogP contribution in [0.5, 0.6) is 0 Å². The molecule has 2 N–H and O–H groups in total. The number of morpholine rings is 1. The van der Waals surface area contributed by atoms with Gasteiger partial charge in [0.2, 0.25) is 11.8 Å². The van der Waals surface area contributed by atoms with Crippen LogP contribution in [0, 0.1) is 5.92 Å². The van der Waals surface area contributed by atoms with Crippen LogP contribution in [-0.2, 0) is 20.7 Å². The number of nitrogens with one attached hydrogen (secondary N) is 2. The molecule has 2 saturated heterocycles. The van der Waals surface area contributed by atoms with E-state index >= 15 is 0 Å².